The van der Waals surface area contributed by atoms with Gasteiger partial charge in [-0.05, 0) is 31.2 Å². The molecule has 5 heteroatoms. The molecule has 0 aliphatic heterocycles. The minimum atomic E-state index is 0.723. The Morgan fingerprint density at radius 2 is 2.07 bits per heavy atom. The third-order valence-corrected chi connectivity index (χ3v) is 2.78. The van der Waals surface area contributed by atoms with Gasteiger partial charge in [-0.3, -0.25) is 0 Å². The van der Waals surface area contributed by atoms with Crippen LogP contribution in [0.5, 0.6) is 0 Å². The summed E-state index contributed by atoms with van der Waals surface area (Å²) in [5, 5.41) is 4.70. The fourth-order valence-corrected chi connectivity index (χ4v) is 1.94. The van der Waals surface area contributed by atoms with E-state index in [0.29, 0.717) is 0 Å². The minimum Gasteiger partial charge on any atom is -0.361 e. The molecule has 0 atom stereocenters. The van der Waals surface area contributed by atoms with Gasteiger partial charge in [-0.2, -0.15) is 9.36 Å². The Kier molecular flexibility index (Phi) is 3.18. The number of benzene rings is 1. The first kappa shape index (κ1) is 10.4. The molecule has 0 aliphatic rings. The van der Waals surface area contributed by atoms with Crippen molar-refractivity contribution in [2.45, 2.75) is 6.92 Å². The van der Waals surface area contributed by atoms with E-state index >= 15 is 0 Å². The van der Waals surface area contributed by atoms with Gasteiger partial charge >= 0.3 is 0 Å². The zero-order valence-corrected chi connectivity index (χ0v) is 9.77. The van der Waals surface area contributed by atoms with E-state index < -0.39 is 0 Å². The van der Waals surface area contributed by atoms with Gasteiger partial charge in [0.05, 0.1) is 0 Å². The molecule has 0 bridgehead atoms. The van der Waals surface area contributed by atoms with Crippen LogP contribution in [0.25, 0.3) is 11.4 Å². The van der Waals surface area contributed by atoms with Crippen molar-refractivity contribution in [2.75, 3.05) is 11.9 Å². The maximum atomic E-state index is 5.80. The zero-order chi connectivity index (χ0) is 10.7. The van der Waals surface area contributed by atoms with Gasteiger partial charge in [0, 0.05) is 28.7 Å². The molecule has 2 rings (SSSR count). The van der Waals surface area contributed by atoms with E-state index in [1.54, 1.807) is 0 Å². The Labute approximate surface area is 97.3 Å². The molecule has 0 spiro atoms. The van der Waals surface area contributed by atoms with Gasteiger partial charge in [0.1, 0.15) is 0 Å². The van der Waals surface area contributed by atoms with Crippen LogP contribution in [0.4, 0.5) is 5.13 Å². The van der Waals surface area contributed by atoms with Gasteiger partial charge in [0.25, 0.3) is 0 Å². The van der Waals surface area contributed by atoms with Crippen molar-refractivity contribution >= 4 is 28.3 Å². The Balaban J connectivity index is 2.25. The van der Waals surface area contributed by atoms with Crippen molar-refractivity contribution in [1.29, 1.82) is 0 Å². The van der Waals surface area contributed by atoms with E-state index in [-0.39, 0.29) is 0 Å². The summed E-state index contributed by atoms with van der Waals surface area (Å²) in [7, 11) is 0. The highest BCUT2D eigenvalue weighted by Gasteiger charge is 2.05. The lowest BCUT2D eigenvalue weighted by molar-refractivity contribution is 1.19. The lowest BCUT2D eigenvalue weighted by Crippen LogP contribution is -1.94. The molecule has 1 N–H and O–H groups in total. The summed E-state index contributed by atoms with van der Waals surface area (Å²) in [5.41, 5.74) is 0.986. The molecule has 1 aromatic carbocycles. The Morgan fingerprint density at radius 3 is 2.73 bits per heavy atom. The van der Waals surface area contributed by atoms with Crippen LogP contribution in [-0.4, -0.2) is 15.9 Å². The van der Waals surface area contributed by atoms with Crippen molar-refractivity contribution in [3.63, 3.8) is 0 Å². The fourth-order valence-electron chi connectivity index (χ4n) is 1.16. The third-order valence-electron chi connectivity index (χ3n) is 1.86. The molecular weight excluding hydrogens is 230 g/mol. The van der Waals surface area contributed by atoms with E-state index in [4.69, 9.17) is 11.6 Å². The van der Waals surface area contributed by atoms with Crippen LogP contribution in [0.15, 0.2) is 24.3 Å². The highest BCUT2D eigenvalue weighted by Crippen LogP contribution is 2.22. The molecule has 78 valence electrons. The predicted octanol–water partition coefficient (Wildman–Crippen LogP) is 3.29. The lowest BCUT2D eigenvalue weighted by atomic mass is 10.2. The Hall–Kier alpha value is -1.13. The summed E-state index contributed by atoms with van der Waals surface area (Å²) < 4.78 is 4.26. The van der Waals surface area contributed by atoms with Gasteiger partial charge in [0.15, 0.2) is 5.82 Å². The van der Waals surface area contributed by atoms with Crippen LogP contribution in [0.3, 0.4) is 0 Å². The summed E-state index contributed by atoms with van der Waals surface area (Å²) in [6.45, 7) is 2.89. The first-order valence-corrected chi connectivity index (χ1v) is 5.78. The minimum absolute atomic E-state index is 0.723. The molecule has 2 aromatic rings. The number of rotatable bonds is 3. The second kappa shape index (κ2) is 4.59. The molecule has 0 aliphatic carbocycles. The number of halogens is 1. The van der Waals surface area contributed by atoms with Crippen LogP contribution in [0.1, 0.15) is 6.92 Å². The highest BCUT2D eigenvalue weighted by molar-refractivity contribution is 7.09. The SMILES string of the molecule is CCNc1nc(-c2ccc(Cl)cc2)ns1. The molecule has 0 saturated heterocycles. The van der Waals surface area contributed by atoms with Crippen LogP contribution >= 0.6 is 23.1 Å². The van der Waals surface area contributed by atoms with Gasteiger partial charge in [-0.15, -0.1) is 0 Å². The highest BCUT2D eigenvalue weighted by atomic mass is 35.5. The van der Waals surface area contributed by atoms with Crippen molar-refractivity contribution in [3.05, 3.63) is 29.3 Å². The number of hydrogen-bond donors (Lipinski definition) is 1. The molecule has 1 heterocycles. The maximum absolute atomic E-state index is 5.80. The van der Waals surface area contributed by atoms with E-state index in [9.17, 15) is 0 Å². The summed E-state index contributed by atoms with van der Waals surface area (Å²) in [5.74, 6) is 0.743. The van der Waals surface area contributed by atoms with Crippen molar-refractivity contribution in [1.82, 2.24) is 9.36 Å². The standard InChI is InChI=1S/C10H10ClN3S/c1-2-12-10-13-9(14-15-10)7-3-5-8(11)6-4-7/h3-6H,2H2,1H3,(H,12,13,14). The maximum Gasteiger partial charge on any atom is 0.202 e. The van der Waals surface area contributed by atoms with Gasteiger partial charge < -0.3 is 5.32 Å². The molecule has 1 aromatic heterocycles. The molecule has 0 radical (unpaired) electrons. The second-order valence-electron chi connectivity index (χ2n) is 2.96. The summed E-state index contributed by atoms with van der Waals surface area (Å²) in [4.78, 5) is 4.35. The predicted molar refractivity (Wildman–Crippen MR) is 64.5 cm³/mol. The fraction of sp³-hybridized carbons (Fsp3) is 0.200. The molecule has 15 heavy (non-hydrogen) atoms. The number of aromatic nitrogens is 2. The van der Waals surface area contributed by atoms with Crippen LogP contribution in [-0.2, 0) is 0 Å². The molecule has 3 nitrogen and oxygen atoms in total. The number of nitrogens with one attached hydrogen (secondary N) is 1. The quantitative estimate of drug-likeness (QED) is 0.893. The Bertz CT molecular complexity index is 438. The topological polar surface area (TPSA) is 37.8 Å². The monoisotopic (exact) mass is 239 g/mol. The number of anilines is 1. The van der Waals surface area contributed by atoms with Gasteiger partial charge in [0.2, 0.25) is 5.13 Å². The van der Waals surface area contributed by atoms with E-state index in [2.05, 4.69) is 14.7 Å². The van der Waals surface area contributed by atoms with E-state index in [1.165, 1.54) is 11.5 Å². The smallest absolute Gasteiger partial charge is 0.202 e. The van der Waals surface area contributed by atoms with Crippen LogP contribution in [0.2, 0.25) is 5.02 Å². The largest absolute Gasteiger partial charge is 0.361 e. The summed E-state index contributed by atoms with van der Waals surface area (Å²) >= 11 is 7.17. The van der Waals surface area contributed by atoms with E-state index in [0.717, 1.165) is 28.1 Å². The second-order valence-corrected chi connectivity index (χ2v) is 4.15. The first-order valence-electron chi connectivity index (χ1n) is 4.63. The van der Waals surface area contributed by atoms with Crippen molar-refractivity contribution in [2.24, 2.45) is 0 Å². The van der Waals surface area contributed by atoms with Crippen LogP contribution < -0.4 is 5.32 Å². The van der Waals surface area contributed by atoms with E-state index in [1.807, 2.05) is 31.2 Å². The zero-order valence-electron chi connectivity index (χ0n) is 8.20. The molecule has 0 saturated carbocycles. The third kappa shape index (κ3) is 2.46. The number of hydrogen-bond acceptors (Lipinski definition) is 4. The van der Waals surface area contributed by atoms with Crippen molar-refractivity contribution in [3.8, 4) is 11.4 Å². The average molecular weight is 240 g/mol. The normalized spacial score (nSPS) is 10.3. The van der Waals surface area contributed by atoms with Crippen molar-refractivity contribution < 1.29 is 0 Å². The molecule has 0 amide bonds. The summed E-state index contributed by atoms with van der Waals surface area (Å²) in [6.07, 6.45) is 0. The molecule has 0 fully saturated rings. The van der Waals surface area contributed by atoms with Gasteiger partial charge in [-0.25, -0.2) is 0 Å². The van der Waals surface area contributed by atoms with Gasteiger partial charge in [-0.1, -0.05) is 11.6 Å². The summed E-state index contributed by atoms with van der Waals surface area (Å²) in [6, 6.07) is 7.51. The average Bonchev–Trinajstić information content (AvgIpc) is 2.68. The molecule has 0 unspecified atom stereocenters. The lowest BCUT2D eigenvalue weighted by Gasteiger charge is -1.95. The Morgan fingerprint density at radius 1 is 1.33 bits per heavy atom. The number of nitrogens with zero attached hydrogens (tertiary/aromatic N) is 2. The molecular formula is C10H10ClN3S. The van der Waals surface area contributed by atoms with Crippen LogP contribution in [0, 0.1) is 0 Å². The first-order chi connectivity index (χ1) is 7.29.